The molecule has 0 radical (unpaired) electrons. The molecular weight excluding hydrogens is 242 g/mol. The molecule has 2 N–H and O–H groups in total. The summed E-state index contributed by atoms with van der Waals surface area (Å²) < 4.78 is 0. The maximum atomic E-state index is 5.19. The van der Waals surface area contributed by atoms with E-state index in [1.807, 2.05) is 30.3 Å². The quantitative estimate of drug-likeness (QED) is 0.464. The molecule has 0 spiro atoms. The van der Waals surface area contributed by atoms with Crippen LogP contribution >= 0.6 is 12.2 Å². The van der Waals surface area contributed by atoms with Gasteiger partial charge in [-0.1, -0.05) is 38.5 Å². The van der Waals surface area contributed by atoms with Crippen LogP contribution in [0.1, 0.15) is 39.5 Å². The molecule has 0 saturated carbocycles. The van der Waals surface area contributed by atoms with Gasteiger partial charge >= 0.3 is 0 Å². The van der Waals surface area contributed by atoms with Gasteiger partial charge in [-0.3, -0.25) is 5.43 Å². The first-order valence-corrected chi connectivity index (χ1v) is 6.84. The Labute approximate surface area is 115 Å². The van der Waals surface area contributed by atoms with Crippen molar-refractivity contribution in [2.45, 2.75) is 39.5 Å². The van der Waals surface area contributed by atoms with Gasteiger partial charge < -0.3 is 5.32 Å². The summed E-state index contributed by atoms with van der Waals surface area (Å²) in [6.07, 6.45) is 4.36. The Morgan fingerprint density at radius 3 is 2.56 bits per heavy atom. The standard InChI is InChI=1S/C14H21N3S/c1-3-5-9-12(4-2)16-17-14(18)15-13-10-7-6-8-11-13/h6-8,10-11H,3-5,9H2,1-2H3,(H2,15,17,18)/b16-12+. The second-order valence-corrected chi connectivity index (χ2v) is 4.48. The number of nitrogens with zero attached hydrogens (tertiary/aromatic N) is 1. The molecule has 0 fully saturated rings. The molecule has 0 unspecified atom stereocenters. The molecule has 3 nitrogen and oxygen atoms in total. The first kappa shape index (κ1) is 14.6. The summed E-state index contributed by atoms with van der Waals surface area (Å²) in [7, 11) is 0. The zero-order valence-electron chi connectivity index (χ0n) is 11.1. The highest BCUT2D eigenvalue weighted by atomic mass is 32.1. The van der Waals surface area contributed by atoms with E-state index in [1.54, 1.807) is 0 Å². The number of para-hydroxylation sites is 1. The van der Waals surface area contributed by atoms with Crippen LogP contribution in [0.15, 0.2) is 35.4 Å². The monoisotopic (exact) mass is 263 g/mol. The van der Waals surface area contributed by atoms with Gasteiger partial charge in [0.1, 0.15) is 0 Å². The molecular formula is C14H21N3S. The molecule has 0 aliphatic carbocycles. The van der Waals surface area contributed by atoms with Crippen molar-refractivity contribution in [3.05, 3.63) is 30.3 Å². The minimum Gasteiger partial charge on any atom is -0.331 e. The maximum Gasteiger partial charge on any atom is 0.191 e. The summed E-state index contributed by atoms with van der Waals surface area (Å²) in [5.74, 6) is 0. The third-order valence-electron chi connectivity index (χ3n) is 2.57. The Bertz CT molecular complexity index is 387. The molecule has 0 heterocycles. The number of rotatable bonds is 6. The van der Waals surface area contributed by atoms with Gasteiger partial charge in [0.05, 0.1) is 0 Å². The molecule has 0 aromatic heterocycles. The molecule has 0 aliphatic heterocycles. The summed E-state index contributed by atoms with van der Waals surface area (Å²) in [4.78, 5) is 0. The van der Waals surface area contributed by atoms with Crippen LogP contribution in [-0.2, 0) is 0 Å². The van der Waals surface area contributed by atoms with Crippen LogP contribution in [0, 0.1) is 0 Å². The van der Waals surface area contributed by atoms with Crippen LogP contribution in [-0.4, -0.2) is 10.8 Å². The number of hydrogen-bond donors (Lipinski definition) is 2. The number of thiocarbonyl (C=S) groups is 1. The van der Waals surface area contributed by atoms with Crippen molar-refractivity contribution in [3.63, 3.8) is 0 Å². The van der Waals surface area contributed by atoms with E-state index in [2.05, 4.69) is 29.7 Å². The zero-order chi connectivity index (χ0) is 13.2. The Hall–Kier alpha value is -1.42. The Morgan fingerprint density at radius 1 is 1.22 bits per heavy atom. The third kappa shape index (κ3) is 5.77. The smallest absolute Gasteiger partial charge is 0.191 e. The molecule has 1 aromatic rings. The van der Waals surface area contributed by atoms with Gasteiger partial charge in [0.25, 0.3) is 0 Å². The minimum absolute atomic E-state index is 0.531. The lowest BCUT2D eigenvalue weighted by atomic mass is 10.1. The molecule has 0 bridgehead atoms. The fourth-order valence-electron chi connectivity index (χ4n) is 1.50. The van der Waals surface area contributed by atoms with E-state index >= 15 is 0 Å². The van der Waals surface area contributed by atoms with Crippen molar-refractivity contribution >= 4 is 28.7 Å². The van der Waals surface area contributed by atoms with E-state index in [9.17, 15) is 0 Å². The predicted molar refractivity (Wildman–Crippen MR) is 83.0 cm³/mol. The lowest BCUT2D eigenvalue weighted by molar-refractivity contribution is 0.817. The minimum atomic E-state index is 0.531. The highest BCUT2D eigenvalue weighted by Crippen LogP contribution is 2.04. The van der Waals surface area contributed by atoms with Crippen LogP contribution < -0.4 is 10.7 Å². The van der Waals surface area contributed by atoms with Gasteiger partial charge in [0, 0.05) is 11.4 Å². The molecule has 1 aromatic carbocycles. The number of unbranched alkanes of at least 4 members (excludes halogenated alkanes) is 1. The van der Waals surface area contributed by atoms with Crippen molar-refractivity contribution in [1.29, 1.82) is 0 Å². The summed E-state index contributed by atoms with van der Waals surface area (Å²) in [5, 5.41) is 7.96. The fourth-order valence-corrected chi connectivity index (χ4v) is 1.67. The van der Waals surface area contributed by atoms with Crippen LogP contribution in [0.2, 0.25) is 0 Å². The second-order valence-electron chi connectivity index (χ2n) is 4.07. The van der Waals surface area contributed by atoms with E-state index in [0.717, 1.165) is 24.2 Å². The van der Waals surface area contributed by atoms with Crippen molar-refractivity contribution in [1.82, 2.24) is 5.43 Å². The summed E-state index contributed by atoms with van der Waals surface area (Å²) in [6, 6.07) is 9.84. The molecule has 0 atom stereocenters. The maximum absolute atomic E-state index is 5.19. The van der Waals surface area contributed by atoms with Crippen molar-refractivity contribution in [2.24, 2.45) is 5.10 Å². The van der Waals surface area contributed by atoms with Crippen LogP contribution in [0.25, 0.3) is 0 Å². The molecule has 98 valence electrons. The van der Waals surface area contributed by atoms with Crippen LogP contribution in [0.3, 0.4) is 0 Å². The first-order valence-electron chi connectivity index (χ1n) is 6.43. The average Bonchev–Trinajstić information content (AvgIpc) is 2.40. The van der Waals surface area contributed by atoms with Crippen LogP contribution in [0.5, 0.6) is 0 Å². The number of anilines is 1. The summed E-state index contributed by atoms with van der Waals surface area (Å²) in [5.41, 5.74) is 5.03. The van der Waals surface area contributed by atoms with E-state index < -0.39 is 0 Å². The number of benzene rings is 1. The lowest BCUT2D eigenvalue weighted by Crippen LogP contribution is -2.25. The average molecular weight is 263 g/mol. The van der Waals surface area contributed by atoms with E-state index in [4.69, 9.17) is 12.2 Å². The van der Waals surface area contributed by atoms with Crippen LogP contribution in [0.4, 0.5) is 5.69 Å². The largest absolute Gasteiger partial charge is 0.331 e. The van der Waals surface area contributed by atoms with Gasteiger partial charge in [0.2, 0.25) is 0 Å². The first-order chi connectivity index (χ1) is 8.76. The lowest BCUT2D eigenvalue weighted by Gasteiger charge is -2.08. The molecule has 0 saturated heterocycles. The highest BCUT2D eigenvalue weighted by Gasteiger charge is 1.98. The van der Waals surface area contributed by atoms with Gasteiger partial charge in [-0.25, -0.2) is 0 Å². The zero-order valence-corrected chi connectivity index (χ0v) is 11.9. The number of nitrogens with one attached hydrogen (secondary N) is 2. The summed E-state index contributed by atoms with van der Waals surface area (Å²) in [6.45, 7) is 4.30. The Balaban J connectivity index is 2.42. The molecule has 0 aliphatic rings. The van der Waals surface area contributed by atoms with E-state index in [-0.39, 0.29) is 0 Å². The molecule has 1 rings (SSSR count). The second kappa shape index (κ2) is 8.64. The van der Waals surface area contributed by atoms with Gasteiger partial charge in [-0.05, 0) is 43.6 Å². The predicted octanol–water partition coefficient (Wildman–Crippen LogP) is 3.93. The van der Waals surface area contributed by atoms with Gasteiger partial charge in [0.15, 0.2) is 5.11 Å². The Morgan fingerprint density at radius 2 is 1.94 bits per heavy atom. The normalized spacial score (nSPS) is 11.1. The Kier molecular flexibility index (Phi) is 7.03. The van der Waals surface area contributed by atoms with Crippen molar-refractivity contribution < 1.29 is 0 Å². The van der Waals surface area contributed by atoms with Gasteiger partial charge in [-0.15, -0.1) is 0 Å². The SMILES string of the molecule is CCCC/C(CC)=N/NC(=S)Nc1ccccc1. The number of hydrogen-bond acceptors (Lipinski definition) is 2. The molecule has 0 amide bonds. The van der Waals surface area contributed by atoms with Crippen molar-refractivity contribution in [2.75, 3.05) is 5.32 Å². The molecule has 18 heavy (non-hydrogen) atoms. The fraction of sp³-hybridized carbons (Fsp3) is 0.429. The highest BCUT2D eigenvalue weighted by molar-refractivity contribution is 7.80. The summed E-state index contributed by atoms with van der Waals surface area (Å²) >= 11 is 5.19. The third-order valence-corrected chi connectivity index (χ3v) is 2.77. The van der Waals surface area contributed by atoms with Gasteiger partial charge in [-0.2, -0.15) is 5.10 Å². The van der Waals surface area contributed by atoms with E-state index in [1.165, 1.54) is 12.8 Å². The van der Waals surface area contributed by atoms with E-state index in [0.29, 0.717) is 5.11 Å². The topological polar surface area (TPSA) is 36.4 Å². The molecule has 4 heteroatoms. The number of hydrazone groups is 1. The van der Waals surface area contributed by atoms with Crippen molar-refractivity contribution in [3.8, 4) is 0 Å².